The third-order valence-corrected chi connectivity index (χ3v) is 2.40. The van der Waals surface area contributed by atoms with E-state index in [9.17, 15) is 13.2 Å². The lowest BCUT2D eigenvalue weighted by Gasteiger charge is -2.11. The first-order valence-electron chi connectivity index (χ1n) is 5.47. The highest BCUT2D eigenvalue weighted by atomic mass is 35.5. The molecule has 0 fully saturated rings. The van der Waals surface area contributed by atoms with E-state index in [0.717, 1.165) is 5.56 Å². The Morgan fingerprint density at radius 1 is 1.22 bits per heavy atom. The van der Waals surface area contributed by atoms with E-state index < -0.39 is 6.36 Å². The van der Waals surface area contributed by atoms with Crippen LogP contribution in [0.15, 0.2) is 24.3 Å². The zero-order valence-corrected chi connectivity index (χ0v) is 10.6. The molecule has 0 spiro atoms. The van der Waals surface area contributed by atoms with Crippen molar-refractivity contribution < 1.29 is 22.6 Å². The van der Waals surface area contributed by atoms with Crippen molar-refractivity contribution in [1.82, 2.24) is 0 Å². The molecule has 1 aromatic rings. The lowest BCUT2D eigenvalue weighted by Crippen LogP contribution is -2.17. The Morgan fingerprint density at radius 3 is 2.33 bits per heavy atom. The molecule has 0 aromatic heterocycles. The van der Waals surface area contributed by atoms with E-state index in [1.807, 2.05) is 6.92 Å². The predicted molar refractivity (Wildman–Crippen MR) is 63.0 cm³/mol. The van der Waals surface area contributed by atoms with Crippen molar-refractivity contribution in [3.8, 4) is 5.75 Å². The van der Waals surface area contributed by atoms with Gasteiger partial charge in [-0.2, -0.15) is 0 Å². The van der Waals surface area contributed by atoms with Gasteiger partial charge in [0.25, 0.3) is 0 Å². The van der Waals surface area contributed by atoms with Crippen LogP contribution in [0.1, 0.15) is 12.5 Å². The van der Waals surface area contributed by atoms with E-state index >= 15 is 0 Å². The molecule has 1 atom stereocenters. The second kappa shape index (κ2) is 6.85. The van der Waals surface area contributed by atoms with Crippen LogP contribution in [0, 0.1) is 0 Å². The Balaban J connectivity index is 2.50. The molecular weight excluding hydrogens is 269 g/mol. The highest BCUT2D eigenvalue weighted by Crippen LogP contribution is 2.23. The largest absolute Gasteiger partial charge is 0.573 e. The van der Waals surface area contributed by atoms with Gasteiger partial charge >= 0.3 is 6.36 Å². The van der Waals surface area contributed by atoms with Crippen molar-refractivity contribution in [3.63, 3.8) is 0 Å². The van der Waals surface area contributed by atoms with Crippen molar-refractivity contribution >= 4 is 11.6 Å². The van der Waals surface area contributed by atoms with Crippen LogP contribution < -0.4 is 4.74 Å². The van der Waals surface area contributed by atoms with Crippen molar-refractivity contribution in [3.05, 3.63) is 29.8 Å². The second-order valence-corrected chi connectivity index (χ2v) is 4.27. The molecule has 102 valence electrons. The van der Waals surface area contributed by atoms with Gasteiger partial charge in [-0.15, -0.1) is 24.8 Å². The van der Waals surface area contributed by atoms with Crippen LogP contribution in [-0.4, -0.2) is 25.0 Å². The molecule has 0 aliphatic rings. The van der Waals surface area contributed by atoms with Crippen LogP contribution in [0.5, 0.6) is 5.75 Å². The van der Waals surface area contributed by atoms with Crippen LogP contribution in [0.2, 0.25) is 0 Å². The van der Waals surface area contributed by atoms with Gasteiger partial charge in [0.05, 0.1) is 12.0 Å². The highest BCUT2D eigenvalue weighted by Gasteiger charge is 2.30. The van der Waals surface area contributed by atoms with Crippen LogP contribution in [-0.2, 0) is 11.2 Å². The zero-order valence-electron chi connectivity index (χ0n) is 9.84. The number of halogens is 4. The van der Waals surface area contributed by atoms with Crippen LogP contribution >= 0.6 is 11.6 Å². The molecule has 0 aliphatic heterocycles. The Morgan fingerprint density at radius 2 is 1.83 bits per heavy atom. The van der Waals surface area contributed by atoms with E-state index in [2.05, 4.69) is 4.74 Å². The smallest absolute Gasteiger partial charge is 0.406 e. The Kier molecular flexibility index (Phi) is 5.75. The summed E-state index contributed by atoms with van der Waals surface area (Å²) in [6.07, 6.45) is -4.13. The van der Waals surface area contributed by atoms with Crippen molar-refractivity contribution in [2.24, 2.45) is 0 Å². The summed E-state index contributed by atoms with van der Waals surface area (Å²) in [6.45, 7) is 2.87. The highest BCUT2D eigenvalue weighted by molar-refractivity contribution is 6.20. The van der Waals surface area contributed by atoms with Gasteiger partial charge in [0, 0.05) is 6.61 Å². The fourth-order valence-electron chi connectivity index (χ4n) is 1.39. The third kappa shape index (κ3) is 6.12. The molecule has 0 bridgehead atoms. The van der Waals surface area contributed by atoms with E-state index in [4.69, 9.17) is 16.3 Å². The van der Waals surface area contributed by atoms with Gasteiger partial charge in [-0.3, -0.25) is 0 Å². The first kappa shape index (κ1) is 15.1. The molecule has 18 heavy (non-hydrogen) atoms. The quantitative estimate of drug-likeness (QED) is 0.740. The van der Waals surface area contributed by atoms with Gasteiger partial charge in [0.1, 0.15) is 5.75 Å². The third-order valence-electron chi connectivity index (χ3n) is 2.12. The summed E-state index contributed by atoms with van der Waals surface area (Å²) in [7, 11) is 0. The maximum Gasteiger partial charge on any atom is 0.573 e. The first-order valence-corrected chi connectivity index (χ1v) is 5.91. The fraction of sp³-hybridized carbons (Fsp3) is 0.500. The van der Waals surface area contributed by atoms with Gasteiger partial charge in [-0.25, -0.2) is 0 Å². The molecule has 1 unspecified atom stereocenters. The summed E-state index contributed by atoms with van der Waals surface area (Å²) < 4.78 is 44.7. The molecule has 0 saturated heterocycles. The van der Waals surface area contributed by atoms with Crippen molar-refractivity contribution in [1.29, 1.82) is 0 Å². The monoisotopic (exact) mass is 282 g/mol. The lowest BCUT2D eigenvalue weighted by molar-refractivity contribution is -0.274. The number of benzene rings is 1. The van der Waals surface area contributed by atoms with Crippen molar-refractivity contribution in [2.45, 2.75) is 25.1 Å². The van der Waals surface area contributed by atoms with E-state index in [1.165, 1.54) is 12.1 Å². The minimum Gasteiger partial charge on any atom is -0.406 e. The average molecular weight is 283 g/mol. The molecule has 0 aliphatic carbocycles. The summed E-state index contributed by atoms with van der Waals surface area (Å²) >= 11 is 6.00. The molecule has 0 N–H and O–H groups in total. The number of ether oxygens (including phenoxy) is 2. The van der Waals surface area contributed by atoms with Gasteiger partial charge in [0.2, 0.25) is 0 Å². The van der Waals surface area contributed by atoms with Crippen LogP contribution in [0.3, 0.4) is 0 Å². The standard InChI is InChI=1S/C12H14ClF3O2/c1-2-17-8-10(13)7-9-3-5-11(6-4-9)18-12(14,15)16/h3-6,10H,2,7-8H2,1H3. The zero-order chi connectivity index (χ0) is 13.6. The van der Waals surface area contributed by atoms with Gasteiger partial charge in [0.15, 0.2) is 0 Å². The van der Waals surface area contributed by atoms with E-state index in [0.29, 0.717) is 19.6 Å². The Labute approximate surface area is 109 Å². The average Bonchev–Trinajstić information content (AvgIpc) is 2.27. The number of alkyl halides is 4. The predicted octanol–water partition coefficient (Wildman–Crippen LogP) is 3.77. The van der Waals surface area contributed by atoms with E-state index in [-0.39, 0.29) is 11.1 Å². The maximum atomic E-state index is 11.9. The lowest BCUT2D eigenvalue weighted by atomic mass is 10.1. The molecular formula is C12H14ClF3O2. The van der Waals surface area contributed by atoms with Gasteiger partial charge in [-0.1, -0.05) is 12.1 Å². The summed E-state index contributed by atoms with van der Waals surface area (Å²) in [4.78, 5) is 0. The number of hydrogen-bond acceptors (Lipinski definition) is 2. The van der Waals surface area contributed by atoms with Crippen LogP contribution in [0.25, 0.3) is 0 Å². The molecule has 0 radical (unpaired) electrons. The topological polar surface area (TPSA) is 18.5 Å². The van der Waals surface area contributed by atoms with Crippen LogP contribution in [0.4, 0.5) is 13.2 Å². The summed E-state index contributed by atoms with van der Waals surface area (Å²) in [6, 6.07) is 5.66. The summed E-state index contributed by atoms with van der Waals surface area (Å²) in [5.41, 5.74) is 0.837. The minimum absolute atomic E-state index is 0.195. The number of hydrogen-bond donors (Lipinski definition) is 0. The van der Waals surface area contributed by atoms with E-state index in [1.54, 1.807) is 12.1 Å². The fourth-order valence-corrected chi connectivity index (χ4v) is 1.65. The van der Waals surface area contributed by atoms with Gasteiger partial charge < -0.3 is 9.47 Å². The summed E-state index contributed by atoms with van der Waals surface area (Å²) in [5.74, 6) is -0.234. The number of rotatable bonds is 6. The first-order chi connectivity index (χ1) is 8.40. The molecule has 1 aromatic carbocycles. The molecule has 0 heterocycles. The normalized spacial score (nSPS) is 13.4. The molecule has 0 amide bonds. The molecule has 6 heteroatoms. The summed E-state index contributed by atoms with van der Waals surface area (Å²) in [5, 5.41) is -0.195. The second-order valence-electron chi connectivity index (χ2n) is 3.65. The van der Waals surface area contributed by atoms with Gasteiger partial charge in [-0.05, 0) is 31.0 Å². The molecule has 2 nitrogen and oxygen atoms in total. The van der Waals surface area contributed by atoms with Crippen molar-refractivity contribution in [2.75, 3.05) is 13.2 Å². The molecule has 0 saturated carbocycles. The maximum absolute atomic E-state index is 11.9. The SMILES string of the molecule is CCOCC(Cl)Cc1ccc(OC(F)(F)F)cc1. The Hall–Kier alpha value is -0.940. The molecule has 1 rings (SSSR count). The Bertz CT molecular complexity index is 351. The minimum atomic E-state index is -4.66.